The predicted molar refractivity (Wildman–Crippen MR) is 56.8 cm³/mol. The Morgan fingerprint density at radius 2 is 2.29 bits per heavy atom. The molecular weight excluding hydrogens is 224 g/mol. The zero-order valence-electron chi connectivity index (χ0n) is 7.41. The first-order valence-electron chi connectivity index (χ1n) is 3.84. The fourth-order valence-corrected chi connectivity index (χ4v) is 1.66. The van der Waals surface area contributed by atoms with Crippen molar-refractivity contribution in [3.8, 4) is 0 Å². The summed E-state index contributed by atoms with van der Waals surface area (Å²) in [5.74, 6) is -0.916. The minimum atomic E-state index is -0.641. The molecule has 0 spiro atoms. The van der Waals surface area contributed by atoms with Gasteiger partial charge in [0.15, 0.2) is 0 Å². The van der Waals surface area contributed by atoms with Crippen molar-refractivity contribution in [2.45, 2.75) is 12.3 Å². The third kappa shape index (κ3) is 2.46. The maximum Gasteiger partial charge on any atom is 0.251 e. The molecule has 76 valence electrons. The molecular formula is C8H9ClN2O2S. The van der Waals surface area contributed by atoms with Crippen LogP contribution < -0.4 is 11.1 Å². The van der Waals surface area contributed by atoms with Crippen LogP contribution in [-0.4, -0.2) is 17.2 Å². The number of carbonyl (C=O) groups is 2. The summed E-state index contributed by atoms with van der Waals surface area (Å²) in [6.45, 7) is 1.55. The number of rotatable bonds is 3. The van der Waals surface area contributed by atoms with E-state index < -0.39 is 11.3 Å². The summed E-state index contributed by atoms with van der Waals surface area (Å²) in [5, 5.41) is 3.99. The third-order valence-corrected chi connectivity index (χ3v) is 2.56. The Labute approximate surface area is 90.0 Å². The summed E-state index contributed by atoms with van der Waals surface area (Å²) in [6.07, 6.45) is 0. The van der Waals surface area contributed by atoms with Crippen molar-refractivity contribution in [2.24, 2.45) is 5.73 Å². The second kappa shape index (κ2) is 4.43. The molecule has 0 bridgehead atoms. The molecule has 1 atom stereocenters. The van der Waals surface area contributed by atoms with Crippen LogP contribution in [0.3, 0.4) is 0 Å². The monoisotopic (exact) mass is 232 g/mol. The van der Waals surface area contributed by atoms with Crippen LogP contribution in [0.4, 0.5) is 5.00 Å². The molecule has 1 aromatic rings. The second-order valence-corrected chi connectivity index (χ2v) is 4.20. The molecule has 1 rings (SSSR count). The lowest BCUT2D eigenvalue weighted by Gasteiger charge is -2.04. The summed E-state index contributed by atoms with van der Waals surface area (Å²) in [4.78, 5) is 22.1. The standard InChI is InChI=1S/C8H9ClN2O2S/c1-4(9)7(13)11-8-5(6(10)12)2-3-14-8/h2-4H,1H3,(H2,10,12)(H,11,13). The van der Waals surface area contributed by atoms with E-state index in [0.717, 1.165) is 0 Å². The van der Waals surface area contributed by atoms with Gasteiger partial charge in [-0.15, -0.1) is 22.9 Å². The number of nitrogens with one attached hydrogen (secondary N) is 1. The van der Waals surface area contributed by atoms with E-state index in [1.54, 1.807) is 18.4 Å². The van der Waals surface area contributed by atoms with Gasteiger partial charge in [-0.05, 0) is 18.4 Å². The van der Waals surface area contributed by atoms with Crippen LogP contribution in [-0.2, 0) is 4.79 Å². The van der Waals surface area contributed by atoms with Crippen LogP contribution in [0, 0.1) is 0 Å². The van der Waals surface area contributed by atoms with Crippen molar-refractivity contribution in [1.82, 2.24) is 0 Å². The number of hydrogen-bond donors (Lipinski definition) is 2. The van der Waals surface area contributed by atoms with Gasteiger partial charge in [-0.25, -0.2) is 0 Å². The van der Waals surface area contributed by atoms with Gasteiger partial charge in [0, 0.05) is 0 Å². The molecule has 6 heteroatoms. The number of halogens is 1. The lowest BCUT2D eigenvalue weighted by atomic mass is 10.3. The van der Waals surface area contributed by atoms with E-state index in [0.29, 0.717) is 10.6 Å². The molecule has 0 saturated carbocycles. The van der Waals surface area contributed by atoms with Crippen molar-refractivity contribution in [3.05, 3.63) is 17.0 Å². The molecule has 3 N–H and O–H groups in total. The van der Waals surface area contributed by atoms with Gasteiger partial charge in [-0.2, -0.15) is 0 Å². The van der Waals surface area contributed by atoms with Gasteiger partial charge < -0.3 is 11.1 Å². The molecule has 1 unspecified atom stereocenters. The number of thiophene rings is 1. The average molecular weight is 233 g/mol. The quantitative estimate of drug-likeness (QED) is 0.774. The second-order valence-electron chi connectivity index (χ2n) is 2.63. The number of nitrogens with two attached hydrogens (primary N) is 1. The predicted octanol–water partition coefficient (Wildman–Crippen LogP) is 1.41. The van der Waals surface area contributed by atoms with Crippen LogP contribution in [0.5, 0.6) is 0 Å². The van der Waals surface area contributed by atoms with Crippen molar-refractivity contribution >= 4 is 39.8 Å². The smallest absolute Gasteiger partial charge is 0.251 e. The Morgan fingerprint density at radius 1 is 1.64 bits per heavy atom. The van der Waals surface area contributed by atoms with Crippen molar-refractivity contribution < 1.29 is 9.59 Å². The number of amides is 2. The Balaban J connectivity index is 2.82. The van der Waals surface area contributed by atoms with Gasteiger partial charge in [0.1, 0.15) is 10.4 Å². The number of alkyl halides is 1. The van der Waals surface area contributed by atoms with E-state index in [9.17, 15) is 9.59 Å². The van der Waals surface area contributed by atoms with Gasteiger partial charge >= 0.3 is 0 Å². The molecule has 1 aromatic heterocycles. The average Bonchev–Trinajstić information content (AvgIpc) is 2.52. The van der Waals surface area contributed by atoms with Gasteiger partial charge in [-0.3, -0.25) is 9.59 Å². The molecule has 0 fully saturated rings. The maximum absolute atomic E-state index is 11.2. The van der Waals surface area contributed by atoms with E-state index in [4.69, 9.17) is 17.3 Å². The molecule has 0 aromatic carbocycles. The first kappa shape index (κ1) is 11.0. The molecule has 0 radical (unpaired) electrons. The molecule has 0 saturated heterocycles. The Bertz CT molecular complexity index is 362. The molecule has 4 nitrogen and oxygen atoms in total. The summed E-state index contributed by atoms with van der Waals surface area (Å²) in [7, 11) is 0. The minimum absolute atomic E-state index is 0.306. The Morgan fingerprint density at radius 3 is 2.79 bits per heavy atom. The highest BCUT2D eigenvalue weighted by molar-refractivity contribution is 7.14. The molecule has 0 aliphatic heterocycles. The Hall–Kier alpha value is -1.07. The number of carbonyl (C=O) groups excluding carboxylic acids is 2. The van der Waals surface area contributed by atoms with Crippen molar-refractivity contribution in [3.63, 3.8) is 0 Å². The first-order chi connectivity index (χ1) is 6.52. The maximum atomic E-state index is 11.2. The third-order valence-electron chi connectivity index (χ3n) is 1.53. The van der Waals surface area contributed by atoms with E-state index >= 15 is 0 Å². The van der Waals surface area contributed by atoms with E-state index in [-0.39, 0.29) is 5.91 Å². The largest absolute Gasteiger partial charge is 0.366 e. The Kier molecular flexibility index (Phi) is 3.49. The molecule has 2 amide bonds. The summed E-state index contributed by atoms with van der Waals surface area (Å²) in [5.41, 5.74) is 5.40. The fourth-order valence-electron chi connectivity index (χ4n) is 0.811. The molecule has 0 aliphatic carbocycles. The minimum Gasteiger partial charge on any atom is -0.366 e. The highest BCUT2D eigenvalue weighted by Gasteiger charge is 2.14. The van der Waals surface area contributed by atoms with Crippen LogP contribution >= 0.6 is 22.9 Å². The molecule has 0 aliphatic rings. The number of primary amides is 1. The van der Waals surface area contributed by atoms with Gasteiger partial charge in [0.25, 0.3) is 5.91 Å². The van der Waals surface area contributed by atoms with Crippen LogP contribution in [0.15, 0.2) is 11.4 Å². The van der Waals surface area contributed by atoms with E-state index in [1.165, 1.54) is 11.3 Å². The van der Waals surface area contributed by atoms with E-state index in [1.807, 2.05) is 0 Å². The number of hydrogen-bond acceptors (Lipinski definition) is 3. The lowest BCUT2D eigenvalue weighted by Crippen LogP contribution is -2.22. The lowest BCUT2D eigenvalue weighted by molar-refractivity contribution is -0.115. The van der Waals surface area contributed by atoms with Gasteiger partial charge in [-0.1, -0.05) is 0 Å². The van der Waals surface area contributed by atoms with Crippen molar-refractivity contribution in [1.29, 1.82) is 0 Å². The first-order valence-corrected chi connectivity index (χ1v) is 5.16. The number of anilines is 1. The van der Waals surface area contributed by atoms with Crippen LogP contribution in [0.25, 0.3) is 0 Å². The highest BCUT2D eigenvalue weighted by Crippen LogP contribution is 2.22. The van der Waals surface area contributed by atoms with Crippen molar-refractivity contribution in [2.75, 3.05) is 5.32 Å². The molecule has 14 heavy (non-hydrogen) atoms. The van der Waals surface area contributed by atoms with Gasteiger partial charge in [0.05, 0.1) is 5.56 Å². The normalized spacial score (nSPS) is 12.1. The summed E-state index contributed by atoms with van der Waals surface area (Å²) >= 11 is 6.79. The van der Waals surface area contributed by atoms with E-state index in [2.05, 4.69) is 5.32 Å². The topological polar surface area (TPSA) is 72.2 Å². The summed E-state index contributed by atoms with van der Waals surface area (Å²) < 4.78 is 0. The zero-order valence-corrected chi connectivity index (χ0v) is 8.98. The van der Waals surface area contributed by atoms with Crippen LogP contribution in [0.1, 0.15) is 17.3 Å². The zero-order chi connectivity index (χ0) is 10.7. The highest BCUT2D eigenvalue weighted by atomic mass is 35.5. The van der Waals surface area contributed by atoms with Gasteiger partial charge in [0.2, 0.25) is 5.91 Å². The van der Waals surface area contributed by atoms with Crippen LogP contribution in [0.2, 0.25) is 0 Å². The molecule has 1 heterocycles. The SMILES string of the molecule is CC(Cl)C(=O)Nc1sccc1C(N)=O. The summed E-state index contributed by atoms with van der Waals surface area (Å²) in [6, 6.07) is 1.56. The fraction of sp³-hybridized carbons (Fsp3) is 0.250.